The van der Waals surface area contributed by atoms with Crippen LogP contribution in [0.5, 0.6) is 0 Å². The fourth-order valence-corrected chi connectivity index (χ4v) is 2.60. The Labute approximate surface area is 105 Å². The Morgan fingerprint density at radius 2 is 2.31 bits per heavy atom. The molecule has 0 N–H and O–H groups in total. The van der Waals surface area contributed by atoms with E-state index < -0.39 is 0 Å². The van der Waals surface area contributed by atoms with Gasteiger partial charge in [-0.2, -0.15) is 0 Å². The summed E-state index contributed by atoms with van der Waals surface area (Å²) in [5.41, 5.74) is 2.32. The molecule has 1 aromatic carbocycles. The van der Waals surface area contributed by atoms with Crippen LogP contribution in [0, 0.1) is 0 Å². The number of alkyl halides is 1. The number of hydrogen-bond donors (Lipinski definition) is 0. The average Bonchev–Trinajstić information content (AvgIpc) is 2.33. The van der Waals surface area contributed by atoms with Crippen molar-refractivity contribution >= 4 is 27.5 Å². The van der Waals surface area contributed by atoms with Crippen molar-refractivity contribution in [1.82, 2.24) is 0 Å². The molecule has 1 saturated heterocycles. The molecule has 0 radical (unpaired) electrons. The number of carbonyl (C=O) groups excluding carboxylic acids is 1. The maximum Gasteiger partial charge on any atom is 0.240 e. The Kier molecular flexibility index (Phi) is 3.64. The zero-order valence-electron chi connectivity index (χ0n) is 9.45. The molecule has 2 nitrogen and oxygen atoms in total. The number of carbonyl (C=O) groups is 1. The number of rotatable bonds is 2. The van der Waals surface area contributed by atoms with Crippen molar-refractivity contribution in [2.45, 2.75) is 31.0 Å². The molecule has 86 valence electrons. The topological polar surface area (TPSA) is 20.3 Å². The van der Waals surface area contributed by atoms with Gasteiger partial charge in [-0.1, -0.05) is 35.0 Å². The van der Waals surface area contributed by atoms with Crippen LogP contribution in [0.25, 0.3) is 0 Å². The van der Waals surface area contributed by atoms with Crippen LogP contribution in [0.3, 0.4) is 0 Å². The molecule has 1 heterocycles. The maximum absolute atomic E-state index is 12.0. The van der Waals surface area contributed by atoms with Crippen LogP contribution in [-0.4, -0.2) is 17.3 Å². The second-order valence-corrected chi connectivity index (χ2v) is 5.23. The minimum absolute atomic E-state index is 0.00784. The third-order valence-electron chi connectivity index (χ3n) is 3.00. The van der Waals surface area contributed by atoms with Crippen LogP contribution >= 0.6 is 15.9 Å². The maximum atomic E-state index is 12.0. The second kappa shape index (κ2) is 5.00. The Morgan fingerprint density at radius 3 is 3.06 bits per heavy atom. The first-order chi connectivity index (χ1) is 7.72. The highest BCUT2D eigenvalue weighted by Crippen LogP contribution is 2.25. The minimum Gasteiger partial charge on any atom is -0.311 e. The van der Waals surface area contributed by atoms with E-state index in [1.807, 2.05) is 17.0 Å². The smallest absolute Gasteiger partial charge is 0.240 e. The lowest BCUT2D eigenvalue weighted by atomic mass is 10.1. The molecule has 0 spiro atoms. The summed E-state index contributed by atoms with van der Waals surface area (Å²) in [5, 5.41) is 0. The first kappa shape index (κ1) is 11.6. The third kappa shape index (κ3) is 2.29. The number of anilines is 1. The summed E-state index contributed by atoms with van der Waals surface area (Å²) in [5.74, 6) is 0.194. The summed E-state index contributed by atoms with van der Waals surface area (Å²) in [7, 11) is 0. The molecule has 1 atom stereocenters. The number of hydrogen-bond acceptors (Lipinski definition) is 1. The van der Waals surface area contributed by atoms with E-state index in [0.29, 0.717) is 0 Å². The molecule has 1 aliphatic rings. The summed E-state index contributed by atoms with van der Waals surface area (Å²) in [6.45, 7) is 2.97. The van der Waals surface area contributed by atoms with Crippen LogP contribution in [0.15, 0.2) is 24.3 Å². The Bertz CT molecular complexity index is 391. The summed E-state index contributed by atoms with van der Waals surface area (Å²) < 4.78 is 0. The zero-order chi connectivity index (χ0) is 11.5. The molecule has 2 rings (SSSR count). The van der Waals surface area contributed by atoms with E-state index >= 15 is 0 Å². The van der Waals surface area contributed by atoms with Gasteiger partial charge in [-0.05, 0) is 37.0 Å². The first-order valence-corrected chi connectivity index (χ1v) is 6.68. The number of halogens is 1. The van der Waals surface area contributed by atoms with Crippen LogP contribution in [0.2, 0.25) is 0 Å². The van der Waals surface area contributed by atoms with Crippen LogP contribution in [-0.2, 0) is 11.2 Å². The Hall–Kier alpha value is -0.830. The molecule has 1 amide bonds. The van der Waals surface area contributed by atoms with Gasteiger partial charge >= 0.3 is 0 Å². The molecule has 0 saturated carbocycles. The van der Waals surface area contributed by atoms with Crippen molar-refractivity contribution in [1.29, 1.82) is 0 Å². The highest BCUT2D eigenvalue weighted by atomic mass is 79.9. The van der Waals surface area contributed by atoms with Crippen LogP contribution in [0.4, 0.5) is 5.69 Å². The van der Waals surface area contributed by atoms with E-state index in [0.717, 1.165) is 31.5 Å². The quantitative estimate of drug-likeness (QED) is 0.763. The van der Waals surface area contributed by atoms with Crippen molar-refractivity contribution in [2.75, 3.05) is 11.4 Å². The van der Waals surface area contributed by atoms with Gasteiger partial charge in [-0.25, -0.2) is 0 Å². The minimum atomic E-state index is -0.00784. The Balaban J connectivity index is 2.25. The van der Waals surface area contributed by atoms with E-state index in [2.05, 4.69) is 35.0 Å². The molecule has 1 fully saturated rings. The van der Waals surface area contributed by atoms with Gasteiger partial charge in [-0.3, -0.25) is 4.79 Å². The fraction of sp³-hybridized carbons (Fsp3) is 0.462. The molecule has 0 aromatic heterocycles. The third-order valence-corrected chi connectivity index (χ3v) is 3.85. The monoisotopic (exact) mass is 281 g/mol. The van der Waals surface area contributed by atoms with Gasteiger partial charge in [0.05, 0.1) is 4.83 Å². The summed E-state index contributed by atoms with van der Waals surface area (Å²) >= 11 is 3.44. The number of amides is 1. The van der Waals surface area contributed by atoms with Gasteiger partial charge < -0.3 is 4.90 Å². The van der Waals surface area contributed by atoms with Gasteiger partial charge in [0.2, 0.25) is 5.91 Å². The lowest BCUT2D eigenvalue weighted by Gasteiger charge is -2.30. The summed E-state index contributed by atoms with van der Waals surface area (Å²) in [6, 6.07) is 8.26. The van der Waals surface area contributed by atoms with E-state index in [4.69, 9.17) is 0 Å². The molecule has 0 aliphatic carbocycles. The van der Waals surface area contributed by atoms with Gasteiger partial charge in [0.25, 0.3) is 0 Å². The Morgan fingerprint density at radius 1 is 1.50 bits per heavy atom. The van der Waals surface area contributed by atoms with Gasteiger partial charge in [-0.15, -0.1) is 0 Å². The molecular weight excluding hydrogens is 266 g/mol. The van der Waals surface area contributed by atoms with Gasteiger partial charge in [0.1, 0.15) is 0 Å². The van der Waals surface area contributed by atoms with Crippen LogP contribution < -0.4 is 4.90 Å². The van der Waals surface area contributed by atoms with Crippen molar-refractivity contribution in [3.8, 4) is 0 Å². The number of piperidine rings is 1. The van der Waals surface area contributed by atoms with E-state index in [1.165, 1.54) is 5.56 Å². The largest absolute Gasteiger partial charge is 0.311 e. The van der Waals surface area contributed by atoms with Crippen molar-refractivity contribution in [3.63, 3.8) is 0 Å². The lowest BCUT2D eigenvalue weighted by molar-refractivity contribution is -0.118. The second-order valence-electron chi connectivity index (χ2n) is 4.12. The molecule has 0 bridgehead atoms. The first-order valence-electron chi connectivity index (χ1n) is 5.76. The molecule has 1 aliphatic heterocycles. The van der Waals surface area contributed by atoms with E-state index in [9.17, 15) is 4.79 Å². The summed E-state index contributed by atoms with van der Waals surface area (Å²) in [4.78, 5) is 13.9. The predicted molar refractivity (Wildman–Crippen MR) is 70.1 cm³/mol. The molecular formula is C13H16BrNO. The predicted octanol–water partition coefficient (Wildman–Crippen LogP) is 3.14. The van der Waals surface area contributed by atoms with E-state index in [-0.39, 0.29) is 10.7 Å². The van der Waals surface area contributed by atoms with Crippen LogP contribution in [0.1, 0.15) is 25.3 Å². The number of nitrogens with zero attached hydrogens (tertiary/aromatic N) is 1. The van der Waals surface area contributed by atoms with Gasteiger partial charge in [0.15, 0.2) is 0 Å². The molecule has 3 heteroatoms. The fourth-order valence-electron chi connectivity index (χ4n) is 2.03. The van der Waals surface area contributed by atoms with Crippen molar-refractivity contribution in [3.05, 3.63) is 29.8 Å². The average molecular weight is 282 g/mol. The van der Waals surface area contributed by atoms with E-state index in [1.54, 1.807) is 0 Å². The highest BCUT2D eigenvalue weighted by Gasteiger charge is 2.27. The standard InChI is InChI=1S/C13H16BrNO/c1-2-10-5-3-6-11(9-10)15-8-4-7-12(14)13(15)16/h3,5-6,9,12H,2,4,7-8H2,1H3. The summed E-state index contributed by atoms with van der Waals surface area (Å²) in [6.07, 6.45) is 3.02. The lowest BCUT2D eigenvalue weighted by Crippen LogP contribution is -2.41. The highest BCUT2D eigenvalue weighted by molar-refractivity contribution is 9.10. The molecule has 1 unspecified atom stereocenters. The van der Waals surface area contributed by atoms with Gasteiger partial charge in [0, 0.05) is 12.2 Å². The van der Waals surface area contributed by atoms with Crippen molar-refractivity contribution < 1.29 is 4.79 Å². The zero-order valence-corrected chi connectivity index (χ0v) is 11.0. The molecule has 1 aromatic rings. The normalized spacial score (nSPS) is 21.2. The molecule has 16 heavy (non-hydrogen) atoms. The SMILES string of the molecule is CCc1cccc(N2CCCC(Br)C2=O)c1. The van der Waals surface area contributed by atoms with Crippen molar-refractivity contribution in [2.24, 2.45) is 0 Å². The number of benzene rings is 1. The number of aryl methyl sites for hydroxylation is 1.